The van der Waals surface area contributed by atoms with Crippen molar-refractivity contribution in [3.05, 3.63) is 158 Å². The van der Waals surface area contributed by atoms with Crippen LogP contribution in [0.4, 0.5) is 0 Å². The van der Waals surface area contributed by atoms with Gasteiger partial charge in [0.05, 0.1) is 26.4 Å². The second kappa shape index (κ2) is 76.8. The highest BCUT2D eigenvalue weighted by atomic mass is 31.2. The molecular formula is C85H142O16P2. The summed E-state index contributed by atoms with van der Waals surface area (Å²) in [4.78, 5) is 58.7. The normalized spacial score (nSPS) is 14.8. The zero-order valence-corrected chi connectivity index (χ0v) is 66.0. The SMILES string of the molecule is CC/C=C\C/C=C\C/C=C\C/C=C\C/C=C\CCCCCC(=O)OC(COC(=O)CCCCCCCCC/C=C\C/C=C\C/C=C\C/C=C\CCCCC)COP(=O)(O)OCC(O)COP(=O)(O)OCC(O)COC(=O)CCCCCCCCCCC/C=C\C/C=C\C/C=C\C/C=C\CCCCC. The summed E-state index contributed by atoms with van der Waals surface area (Å²) in [5.41, 5.74) is 0. The lowest BCUT2D eigenvalue weighted by molar-refractivity contribution is -0.161. The Morgan fingerprint density at radius 2 is 0.515 bits per heavy atom. The number of carbonyl (C=O) groups is 3. The molecule has 0 aliphatic heterocycles. The van der Waals surface area contributed by atoms with Gasteiger partial charge in [-0.2, -0.15) is 0 Å². The molecular weight excluding hydrogens is 1340 g/mol. The van der Waals surface area contributed by atoms with Crippen LogP contribution in [0.2, 0.25) is 0 Å². The van der Waals surface area contributed by atoms with Crippen LogP contribution in [0, 0.1) is 0 Å². The van der Waals surface area contributed by atoms with Crippen LogP contribution >= 0.6 is 15.6 Å². The molecule has 0 fully saturated rings. The molecule has 16 nitrogen and oxygen atoms in total. The number of phosphoric acid groups is 2. The second-order valence-corrected chi connectivity index (χ2v) is 29.0. The molecule has 0 heterocycles. The van der Waals surface area contributed by atoms with E-state index < -0.39 is 91.5 Å². The van der Waals surface area contributed by atoms with Crippen molar-refractivity contribution < 1.29 is 75.8 Å². The lowest BCUT2D eigenvalue weighted by Crippen LogP contribution is -2.30. The van der Waals surface area contributed by atoms with Crippen molar-refractivity contribution in [1.82, 2.24) is 0 Å². The predicted octanol–water partition coefficient (Wildman–Crippen LogP) is 23.4. The van der Waals surface area contributed by atoms with E-state index in [4.69, 9.17) is 32.3 Å². The number of hydrogen-bond donors (Lipinski definition) is 4. The number of hydrogen-bond acceptors (Lipinski definition) is 14. The van der Waals surface area contributed by atoms with E-state index in [2.05, 4.69) is 179 Å². The summed E-state index contributed by atoms with van der Waals surface area (Å²) in [6.07, 6.45) is 95.6. The highest BCUT2D eigenvalue weighted by Crippen LogP contribution is 2.45. The molecule has 103 heavy (non-hydrogen) atoms. The van der Waals surface area contributed by atoms with Gasteiger partial charge in [0.2, 0.25) is 0 Å². The zero-order valence-electron chi connectivity index (χ0n) is 64.2. The summed E-state index contributed by atoms with van der Waals surface area (Å²) in [6, 6.07) is 0. The summed E-state index contributed by atoms with van der Waals surface area (Å²) < 4.78 is 61.2. The monoisotopic (exact) mass is 1480 g/mol. The quantitative estimate of drug-likeness (QED) is 0.0146. The Labute approximate surface area is 625 Å². The summed E-state index contributed by atoms with van der Waals surface area (Å²) in [5.74, 6) is -1.64. The second-order valence-electron chi connectivity index (χ2n) is 26.1. The zero-order chi connectivity index (χ0) is 75.2. The van der Waals surface area contributed by atoms with E-state index in [1.165, 1.54) is 77.0 Å². The topological polar surface area (TPSA) is 231 Å². The average molecular weight is 1480 g/mol. The fourth-order valence-electron chi connectivity index (χ4n) is 10.2. The first-order valence-electron chi connectivity index (χ1n) is 39.8. The van der Waals surface area contributed by atoms with Gasteiger partial charge in [-0.25, -0.2) is 9.13 Å². The standard InChI is InChI=1S/C85H142O16P2/c1-4-7-10-13-16-19-22-25-28-31-34-36-38-39-41-43-45-47-50-53-56-59-62-65-68-71-83(88)95-74-80(86)75-97-102(91,92)98-76-81(87)77-99-103(93,94)100-79-82(101-85(90)73-70-67-64-61-58-55-52-49-44-33-30-27-24-21-18-15-12-9-6-3)78-96-84(89)72-69-66-63-60-57-54-51-48-46-42-40-37-35-32-29-26-23-20-17-14-11-8-5-2/h9,12,16-21,25-30,34-37,39,41-42,44,46,49,55,58,80-82,86-87H,4-8,10-11,13-15,22-24,31-33,38,40,43,45,47-48,50-54,56-57,59-79H2,1-3H3,(H,91,92)(H,93,94)/b12-9-,19-16-,20-17-,21-18-,28-25-,29-26-,30-27-,36-34-,37-35-,41-39-,46-42-,49-44-,58-55-. The first-order valence-corrected chi connectivity index (χ1v) is 42.8. The highest BCUT2D eigenvalue weighted by Gasteiger charge is 2.29. The van der Waals surface area contributed by atoms with Gasteiger partial charge >= 0.3 is 33.6 Å². The summed E-state index contributed by atoms with van der Waals surface area (Å²) in [5, 5.41) is 20.6. The Morgan fingerprint density at radius 3 is 0.825 bits per heavy atom. The molecule has 0 aliphatic carbocycles. The lowest BCUT2D eigenvalue weighted by atomic mass is 10.1. The molecule has 18 heteroatoms. The number of carbonyl (C=O) groups excluding carboxylic acids is 3. The minimum atomic E-state index is -4.95. The van der Waals surface area contributed by atoms with Crippen molar-refractivity contribution >= 4 is 33.6 Å². The predicted molar refractivity (Wildman–Crippen MR) is 426 cm³/mol. The first-order chi connectivity index (χ1) is 50.2. The Kier molecular flexibility index (Phi) is 73.2. The van der Waals surface area contributed by atoms with Gasteiger partial charge in [-0.05, 0) is 154 Å². The number of rotatable bonds is 74. The summed E-state index contributed by atoms with van der Waals surface area (Å²) in [6.45, 7) is 2.45. The number of unbranched alkanes of at least 4 members (excludes halogenated alkanes) is 25. The molecule has 0 aliphatic rings. The van der Waals surface area contributed by atoms with Crippen LogP contribution in [0.1, 0.15) is 303 Å². The Bertz CT molecular complexity index is 2500. The van der Waals surface area contributed by atoms with Crippen LogP contribution in [0.25, 0.3) is 0 Å². The van der Waals surface area contributed by atoms with Crippen molar-refractivity contribution in [2.75, 3.05) is 39.6 Å². The molecule has 0 aromatic carbocycles. The maximum atomic E-state index is 13.0. The summed E-state index contributed by atoms with van der Waals surface area (Å²) >= 11 is 0. The molecule has 0 saturated carbocycles. The molecule has 0 saturated heterocycles. The Balaban J connectivity index is 4.71. The van der Waals surface area contributed by atoms with Crippen molar-refractivity contribution in [2.45, 2.75) is 322 Å². The van der Waals surface area contributed by atoms with E-state index in [1.54, 1.807) is 0 Å². The third-order valence-corrected chi connectivity index (χ3v) is 18.1. The van der Waals surface area contributed by atoms with Crippen LogP contribution in [-0.2, 0) is 55.8 Å². The van der Waals surface area contributed by atoms with E-state index in [1.807, 2.05) is 0 Å². The Morgan fingerprint density at radius 1 is 0.282 bits per heavy atom. The van der Waals surface area contributed by atoms with Gasteiger partial charge in [-0.3, -0.25) is 32.5 Å². The van der Waals surface area contributed by atoms with Crippen molar-refractivity contribution in [2.24, 2.45) is 0 Å². The van der Waals surface area contributed by atoms with Crippen LogP contribution in [-0.4, -0.2) is 95.9 Å². The molecule has 5 unspecified atom stereocenters. The third kappa shape index (κ3) is 78.1. The van der Waals surface area contributed by atoms with E-state index >= 15 is 0 Å². The number of phosphoric ester groups is 2. The fraction of sp³-hybridized carbons (Fsp3) is 0.659. The smallest absolute Gasteiger partial charge is 0.463 e. The number of aliphatic hydroxyl groups excluding tert-OH is 2. The van der Waals surface area contributed by atoms with Gasteiger partial charge in [0.25, 0.3) is 0 Å². The number of allylic oxidation sites excluding steroid dienone is 26. The molecule has 0 rings (SSSR count). The first kappa shape index (κ1) is 98.2. The van der Waals surface area contributed by atoms with Crippen LogP contribution < -0.4 is 0 Å². The highest BCUT2D eigenvalue weighted by molar-refractivity contribution is 7.47. The molecule has 0 bridgehead atoms. The van der Waals surface area contributed by atoms with Crippen LogP contribution in [0.15, 0.2) is 158 Å². The Hall–Kier alpha value is -4.83. The molecule has 4 N–H and O–H groups in total. The molecule has 0 radical (unpaired) electrons. The molecule has 0 aromatic heterocycles. The molecule has 0 amide bonds. The fourth-order valence-corrected chi connectivity index (χ4v) is 11.7. The number of ether oxygens (including phenoxy) is 3. The van der Waals surface area contributed by atoms with E-state index in [0.717, 1.165) is 167 Å². The third-order valence-electron chi connectivity index (χ3n) is 16.2. The van der Waals surface area contributed by atoms with Gasteiger partial charge in [0.15, 0.2) is 6.10 Å². The lowest BCUT2D eigenvalue weighted by Gasteiger charge is -2.21. The molecule has 0 aromatic rings. The van der Waals surface area contributed by atoms with Crippen molar-refractivity contribution in [3.63, 3.8) is 0 Å². The minimum Gasteiger partial charge on any atom is -0.463 e. The molecule has 5 atom stereocenters. The minimum absolute atomic E-state index is 0.0571. The van der Waals surface area contributed by atoms with Crippen LogP contribution in [0.3, 0.4) is 0 Å². The number of aliphatic hydroxyl groups is 2. The largest absolute Gasteiger partial charge is 0.472 e. The van der Waals surface area contributed by atoms with Gasteiger partial charge in [-0.15, -0.1) is 0 Å². The van der Waals surface area contributed by atoms with Gasteiger partial charge in [-0.1, -0.05) is 288 Å². The number of esters is 3. The van der Waals surface area contributed by atoms with E-state index in [0.29, 0.717) is 19.3 Å². The van der Waals surface area contributed by atoms with Gasteiger partial charge in [0, 0.05) is 19.3 Å². The molecule has 588 valence electrons. The van der Waals surface area contributed by atoms with E-state index in [9.17, 15) is 43.5 Å². The average Bonchev–Trinajstić information content (AvgIpc) is 0.988. The van der Waals surface area contributed by atoms with E-state index in [-0.39, 0.29) is 19.3 Å². The summed E-state index contributed by atoms with van der Waals surface area (Å²) in [7, 11) is -9.82. The maximum absolute atomic E-state index is 13.0. The van der Waals surface area contributed by atoms with Crippen molar-refractivity contribution in [1.29, 1.82) is 0 Å². The van der Waals surface area contributed by atoms with Crippen LogP contribution in [0.5, 0.6) is 0 Å². The molecule has 0 spiro atoms. The van der Waals surface area contributed by atoms with Gasteiger partial charge in [0.1, 0.15) is 25.4 Å². The maximum Gasteiger partial charge on any atom is 0.472 e. The van der Waals surface area contributed by atoms with Crippen molar-refractivity contribution in [3.8, 4) is 0 Å². The van der Waals surface area contributed by atoms with Gasteiger partial charge < -0.3 is 34.2 Å².